The molecule has 12 heavy (non-hydrogen) atoms. The molecular weight excluding hydrogens is 166 g/mol. The van der Waals surface area contributed by atoms with Gasteiger partial charge in [-0.25, -0.2) is 0 Å². The van der Waals surface area contributed by atoms with Crippen LogP contribution in [0.3, 0.4) is 0 Å². The first-order valence-electron chi connectivity index (χ1n) is 4.17. The van der Waals surface area contributed by atoms with Crippen molar-refractivity contribution in [1.82, 2.24) is 5.32 Å². The fraction of sp³-hybridized carbons (Fsp3) is 0.400. The van der Waals surface area contributed by atoms with E-state index in [-0.39, 0.29) is 0 Å². The first kappa shape index (κ1) is 9.49. The van der Waals surface area contributed by atoms with Crippen molar-refractivity contribution in [2.45, 2.75) is 18.9 Å². The summed E-state index contributed by atoms with van der Waals surface area (Å²) in [6.45, 7) is 3.74. The topological polar surface area (TPSA) is 12.0 Å². The molecule has 1 rings (SSSR count). The number of hydrogen-bond donors (Lipinski definition) is 1. The molecule has 0 saturated heterocycles. The molecule has 0 aliphatic carbocycles. The van der Waals surface area contributed by atoms with Crippen LogP contribution >= 0.6 is 11.3 Å². The lowest BCUT2D eigenvalue weighted by Crippen LogP contribution is -2.26. The Bertz CT molecular complexity index is 216. The van der Waals surface area contributed by atoms with Gasteiger partial charge in [-0.05, 0) is 31.3 Å². The van der Waals surface area contributed by atoms with Crippen LogP contribution in [0.5, 0.6) is 0 Å². The standard InChI is InChI=1S/C10H15NS/c1-3-5-9(11-2)8-10-6-4-7-12-10/h3-4,6-7,9,11H,1,5,8H2,2H3. The van der Waals surface area contributed by atoms with Gasteiger partial charge in [-0.2, -0.15) is 0 Å². The molecule has 0 aromatic carbocycles. The molecule has 1 atom stereocenters. The first-order valence-corrected chi connectivity index (χ1v) is 5.05. The minimum Gasteiger partial charge on any atom is -0.316 e. The first-order chi connectivity index (χ1) is 5.86. The van der Waals surface area contributed by atoms with Gasteiger partial charge >= 0.3 is 0 Å². The highest BCUT2D eigenvalue weighted by Crippen LogP contribution is 2.12. The Labute approximate surface area is 78.1 Å². The lowest BCUT2D eigenvalue weighted by atomic mass is 10.1. The largest absolute Gasteiger partial charge is 0.316 e. The number of likely N-dealkylation sites (N-methyl/N-ethyl adjacent to an activating group) is 1. The van der Waals surface area contributed by atoms with Crippen molar-refractivity contribution in [3.8, 4) is 0 Å². The van der Waals surface area contributed by atoms with Crippen molar-refractivity contribution in [1.29, 1.82) is 0 Å². The van der Waals surface area contributed by atoms with Crippen molar-refractivity contribution >= 4 is 11.3 Å². The number of thiophene rings is 1. The number of rotatable bonds is 5. The fourth-order valence-corrected chi connectivity index (χ4v) is 1.96. The van der Waals surface area contributed by atoms with Gasteiger partial charge in [-0.3, -0.25) is 0 Å². The minimum atomic E-state index is 0.543. The second kappa shape index (κ2) is 5.12. The zero-order valence-electron chi connectivity index (χ0n) is 7.42. The average Bonchev–Trinajstić information content (AvgIpc) is 2.56. The van der Waals surface area contributed by atoms with Gasteiger partial charge < -0.3 is 5.32 Å². The molecule has 0 spiro atoms. The summed E-state index contributed by atoms with van der Waals surface area (Å²) in [5.74, 6) is 0. The lowest BCUT2D eigenvalue weighted by Gasteiger charge is -2.11. The quantitative estimate of drug-likeness (QED) is 0.688. The molecule has 0 amide bonds. The third-order valence-corrected chi connectivity index (χ3v) is 2.79. The highest BCUT2D eigenvalue weighted by atomic mass is 32.1. The lowest BCUT2D eigenvalue weighted by molar-refractivity contribution is 0.570. The molecule has 0 fully saturated rings. The van der Waals surface area contributed by atoms with Crippen LogP contribution in [0.15, 0.2) is 30.2 Å². The van der Waals surface area contributed by atoms with E-state index in [4.69, 9.17) is 0 Å². The minimum absolute atomic E-state index is 0.543. The van der Waals surface area contributed by atoms with Crippen LogP contribution in [0, 0.1) is 0 Å². The maximum Gasteiger partial charge on any atom is 0.0147 e. The van der Waals surface area contributed by atoms with Crippen molar-refractivity contribution in [3.05, 3.63) is 35.0 Å². The van der Waals surface area contributed by atoms with E-state index < -0.39 is 0 Å². The van der Waals surface area contributed by atoms with Crippen molar-refractivity contribution in [2.24, 2.45) is 0 Å². The van der Waals surface area contributed by atoms with Crippen LogP contribution in [0.1, 0.15) is 11.3 Å². The molecule has 2 heteroatoms. The van der Waals surface area contributed by atoms with E-state index in [1.165, 1.54) is 4.88 Å². The van der Waals surface area contributed by atoms with Crippen molar-refractivity contribution < 1.29 is 0 Å². The zero-order valence-corrected chi connectivity index (χ0v) is 8.23. The van der Waals surface area contributed by atoms with Crippen LogP contribution in [0.4, 0.5) is 0 Å². The number of nitrogens with one attached hydrogen (secondary N) is 1. The van der Waals surface area contributed by atoms with E-state index in [1.54, 1.807) is 0 Å². The Morgan fingerprint density at radius 3 is 3.08 bits per heavy atom. The van der Waals surface area contributed by atoms with Crippen LogP contribution in [0.2, 0.25) is 0 Å². The summed E-state index contributed by atoms with van der Waals surface area (Å²) in [7, 11) is 2.00. The summed E-state index contributed by atoms with van der Waals surface area (Å²) in [5.41, 5.74) is 0. The Hall–Kier alpha value is -0.600. The monoisotopic (exact) mass is 181 g/mol. The molecule has 0 saturated carbocycles. The molecule has 1 nitrogen and oxygen atoms in total. The van der Waals surface area contributed by atoms with Gasteiger partial charge in [-0.15, -0.1) is 17.9 Å². The maximum atomic E-state index is 3.74. The third kappa shape index (κ3) is 2.80. The summed E-state index contributed by atoms with van der Waals surface area (Å²) in [6, 6.07) is 4.82. The molecule has 0 aliphatic rings. The summed E-state index contributed by atoms with van der Waals surface area (Å²) >= 11 is 1.82. The van der Waals surface area contributed by atoms with E-state index in [9.17, 15) is 0 Å². The van der Waals surface area contributed by atoms with Crippen molar-refractivity contribution in [2.75, 3.05) is 7.05 Å². The predicted octanol–water partition coefficient (Wildman–Crippen LogP) is 2.45. The molecule has 1 heterocycles. The molecule has 1 aromatic rings. The van der Waals surface area contributed by atoms with E-state index in [1.807, 2.05) is 24.5 Å². The Kier molecular flexibility index (Phi) is 4.05. The van der Waals surface area contributed by atoms with E-state index in [0.29, 0.717) is 6.04 Å². The van der Waals surface area contributed by atoms with E-state index >= 15 is 0 Å². The van der Waals surface area contributed by atoms with Gasteiger partial charge in [0, 0.05) is 10.9 Å². The highest BCUT2D eigenvalue weighted by molar-refractivity contribution is 7.09. The molecule has 1 N–H and O–H groups in total. The molecule has 1 aromatic heterocycles. The Morgan fingerprint density at radius 1 is 1.75 bits per heavy atom. The van der Waals surface area contributed by atoms with E-state index in [2.05, 4.69) is 29.4 Å². The van der Waals surface area contributed by atoms with Gasteiger partial charge in [-0.1, -0.05) is 12.1 Å². The summed E-state index contributed by atoms with van der Waals surface area (Å²) in [4.78, 5) is 1.44. The highest BCUT2D eigenvalue weighted by Gasteiger charge is 2.04. The fourth-order valence-electron chi connectivity index (χ4n) is 1.18. The van der Waals surface area contributed by atoms with Gasteiger partial charge in [0.2, 0.25) is 0 Å². The van der Waals surface area contributed by atoms with Gasteiger partial charge in [0.05, 0.1) is 0 Å². The predicted molar refractivity (Wildman–Crippen MR) is 55.7 cm³/mol. The molecule has 0 bridgehead atoms. The van der Waals surface area contributed by atoms with Crippen molar-refractivity contribution in [3.63, 3.8) is 0 Å². The molecular formula is C10H15NS. The normalized spacial score (nSPS) is 12.8. The van der Waals surface area contributed by atoms with Crippen LogP contribution in [-0.4, -0.2) is 13.1 Å². The third-order valence-electron chi connectivity index (χ3n) is 1.89. The Balaban J connectivity index is 2.42. The zero-order chi connectivity index (χ0) is 8.81. The van der Waals surface area contributed by atoms with Crippen LogP contribution < -0.4 is 5.32 Å². The molecule has 66 valence electrons. The smallest absolute Gasteiger partial charge is 0.0147 e. The second-order valence-corrected chi connectivity index (χ2v) is 3.83. The molecule has 1 unspecified atom stereocenters. The summed E-state index contributed by atoms with van der Waals surface area (Å²) in [6.07, 6.45) is 4.11. The summed E-state index contributed by atoms with van der Waals surface area (Å²) in [5, 5.41) is 5.40. The molecule has 0 radical (unpaired) electrons. The second-order valence-electron chi connectivity index (χ2n) is 2.79. The van der Waals surface area contributed by atoms with Gasteiger partial charge in [0.25, 0.3) is 0 Å². The van der Waals surface area contributed by atoms with Crippen LogP contribution in [-0.2, 0) is 6.42 Å². The van der Waals surface area contributed by atoms with Gasteiger partial charge in [0.15, 0.2) is 0 Å². The summed E-state index contributed by atoms with van der Waals surface area (Å²) < 4.78 is 0. The average molecular weight is 181 g/mol. The Morgan fingerprint density at radius 2 is 2.58 bits per heavy atom. The van der Waals surface area contributed by atoms with Crippen LogP contribution in [0.25, 0.3) is 0 Å². The molecule has 0 aliphatic heterocycles. The van der Waals surface area contributed by atoms with E-state index in [0.717, 1.165) is 12.8 Å². The van der Waals surface area contributed by atoms with Gasteiger partial charge in [0.1, 0.15) is 0 Å². The maximum absolute atomic E-state index is 3.74. The number of hydrogen-bond acceptors (Lipinski definition) is 2. The SMILES string of the molecule is C=CCC(Cc1cccs1)NC.